The summed E-state index contributed by atoms with van der Waals surface area (Å²) >= 11 is 0. The molecule has 0 amide bonds. The smallest absolute Gasteiger partial charge is 0.161 e. The van der Waals surface area contributed by atoms with Crippen LogP contribution in [-0.4, -0.2) is 52.2 Å². The van der Waals surface area contributed by atoms with Crippen molar-refractivity contribution < 1.29 is 0 Å². The van der Waals surface area contributed by atoms with Gasteiger partial charge in [0.2, 0.25) is 0 Å². The predicted molar refractivity (Wildman–Crippen MR) is 156 cm³/mol. The minimum atomic E-state index is 0.877. The fraction of sp³-hybridized carbons (Fsp3) is 0.172. The Morgan fingerprint density at radius 3 is 1.92 bits per heavy atom. The first kappa shape index (κ1) is 24.2. The van der Waals surface area contributed by atoms with Crippen LogP contribution in [0.4, 0.5) is 11.4 Å². The molecule has 0 saturated carbocycles. The highest BCUT2D eigenvalue weighted by atomic mass is 15.3. The summed E-state index contributed by atoms with van der Waals surface area (Å²) in [6.07, 6.45) is 8.03. The molecule has 7 aromatic rings. The minimum Gasteiger partial charge on any atom is -0.388 e. The fourth-order valence-electron chi connectivity index (χ4n) is 4.73. The molecule has 6 aromatic heterocycles. The Morgan fingerprint density at radius 2 is 1.33 bits per heavy atom. The molecule has 0 atom stereocenters. The van der Waals surface area contributed by atoms with E-state index in [4.69, 9.17) is 4.98 Å². The van der Waals surface area contributed by atoms with Crippen LogP contribution in [0.25, 0.3) is 45.2 Å². The predicted octanol–water partition coefficient (Wildman–Crippen LogP) is 5.01. The van der Waals surface area contributed by atoms with Crippen LogP contribution in [0.3, 0.4) is 0 Å². The molecule has 1 aromatic carbocycles. The van der Waals surface area contributed by atoms with E-state index in [1.165, 1.54) is 0 Å². The zero-order chi connectivity index (χ0) is 27.1. The van der Waals surface area contributed by atoms with Crippen molar-refractivity contribution in [3.05, 3.63) is 85.1 Å². The summed E-state index contributed by atoms with van der Waals surface area (Å²) in [5.41, 5.74) is 9.88. The topological polar surface area (TPSA) is 94.3 Å². The van der Waals surface area contributed by atoms with Gasteiger partial charge in [-0.25, -0.2) is 15.0 Å². The van der Waals surface area contributed by atoms with Crippen LogP contribution in [0, 0.1) is 6.92 Å². The van der Waals surface area contributed by atoms with Gasteiger partial charge in [0.25, 0.3) is 0 Å². The van der Waals surface area contributed by atoms with Gasteiger partial charge in [-0.15, -0.1) is 0 Å². The number of nitrogens with one attached hydrogen (secondary N) is 2. The monoisotopic (exact) mass is 518 g/mol. The highest BCUT2D eigenvalue weighted by molar-refractivity contribution is 5.80. The maximum Gasteiger partial charge on any atom is 0.161 e. The number of imidazole rings is 3. The molecule has 0 aliphatic rings. The van der Waals surface area contributed by atoms with E-state index >= 15 is 0 Å². The molecule has 0 spiro atoms. The van der Waals surface area contributed by atoms with E-state index in [-0.39, 0.29) is 0 Å². The Kier molecular flexibility index (Phi) is 5.99. The SMILES string of the molecule is CNc1ccn2cc(-c3cc(C)nn3C)nc2c1.CNc1ccn2cc(-c3nc4ccccc4n3C)nc2c1. The Labute approximate surface area is 225 Å². The Bertz CT molecular complexity index is 1930. The van der Waals surface area contributed by atoms with Crippen molar-refractivity contribution >= 4 is 33.7 Å². The number of hydrogen-bond donors (Lipinski definition) is 2. The van der Waals surface area contributed by atoms with Gasteiger partial charge in [-0.1, -0.05) is 12.1 Å². The van der Waals surface area contributed by atoms with Crippen LogP contribution >= 0.6 is 0 Å². The lowest BCUT2D eigenvalue weighted by Crippen LogP contribution is -1.93. The molecular weight excluding hydrogens is 488 g/mol. The second-order valence-electron chi connectivity index (χ2n) is 9.39. The molecule has 10 nitrogen and oxygen atoms in total. The number of aromatic nitrogens is 8. The third kappa shape index (κ3) is 4.46. The molecule has 39 heavy (non-hydrogen) atoms. The van der Waals surface area contributed by atoms with Crippen LogP contribution in [0.2, 0.25) is 0 Å². The number of hydrogen-bond acceptors (Lipinski definition) is 6. The molecule has 0 saturated heterocycles. The highest BCUT2D eigenvalue weighted by Crippen LogP contribution is 2.24. The van der Waals surface area contributed by atoms with Gasteiger partial charge in [0, 0.05) is 76.5 Å². The zero-order valence-electron chi connectivity index (χ0n) is 22.6. The normalized spacial score (nSPS) is 11.2. The summed E-state index contributed by atoms with van der Waals surface area (Å²) in [6, 6.07) is 18.2. The largest absolute Gasteiger partial charge is 0.388 e. The van der Waals surface area contributed by atoms with E-state index in [0.29, 0.717) is 0 Å². The van der Waals surface area contributed by atoms with Crippen LogP contribution in [-0.2, 0) is 14.1 Å². The van der Waals surface area contributed by atoms with E-state index in [1.54, 1.807) is 0 Å². The molecule has 0 bridgehead atoms. The van der Waals surface area contributed by atoms with Gasteiger partial charge in [0.1, 0.15) is 22.7 Å². The standard InChI is InChI=1S/C16H15N5.C13H15N5/c1-17-11-7-8-21-10-13(18-15(21)9-11)16-19-12-5-3-4-6-14(12)20(16)2;1-9-6-12(17(3)16-9)11-8-18-5-4-10(14-2)7-13(18)15-11/h3-10,17H,1-2H3;4-8,14H,1-3H3. The maximum atomic E-state index is 4.69. The summed E-state index contributed by atoms with van der Waals surface area (Å²) < 4.78 is 7.96. The first-order valence-electron chi connectivity index (χ1n) is 12.7. The number of fused-ring (bicyclic) bond motifs is 3. The van der Waals surface area contributed by atoms with Crippen LogP contribution < -0.4 is 10.6 Å². The molecular formula is C29H30N10. The molecule has 0 aliphatic heterocycles. The number of pyridine rings is 2. The average molecular weight is 519 g/mol. The fourth-order valence-corrected chi connectivity index (χ4v) is 4.73. The lowest BCUT2D eigenvalue weighted by atomic mass is 10.3. The van der Waals surface area contributed by atoms with E-state index in [9.17, 15) is 0 Å². The highest BCUT2D eigenvalue weighted by Gasteiger charge is 2.13. The molecule has 7 rings (SSSR count). The van der Waals surface area contributed by atoms with Crippen LogP contribution in [0.5, 0.6) is 0 Å². The summed E-state index contributed by atoms with van der Waals surface area (Å²) in [7, 11) is 7.76. The molecule has 0 unspecified atom stereocenters. The first-order chi connectivity index (χ1) is 18.9. The zero-order valence-corrected chi connectivity index (χ0v) is 22.6. The van der Waals surface area contributed by atoms with Gasteiger partial charge >= 0.3 is 0 Å². The summed E-state index contributed by atoms with van der Waals surface area (Å²) in [6.45, 7) is 1.98. The third-order valence-corrected chi connectivity index (χ3v) is 6.78. The quantitative estimate of drug-likeness (QED) is 0.340. The van der Waals surface area contributed by atoms with Gasteiger partial charge in [0.15, 0.2) is 5.82 Å². The van der Waals surface area contributed by atoms with Crippen molar-refractivity contribution in [2.24, 2.45) is 14.1 Å². The molecule has 10 heteroatoms. The maximum absolute atomic E-state index is 4.69. The van der Waals surface area contributed by atoms with Crippen molar-refractivity contribution in [1.82, 2.24) is 38.1 Å². The van der Waals surface area contributed by atoms with Gasteiger partial charge in [-0.05, 0) is 37.3 Å². The third-order valence-electron chi connectivity index (χ3n) is 6.78. The number of para-hydroxylation sites is 2. The number of nitrogens with zero attached hydrogens (tertiary/aromatic N) is 8. The second-order valence-corrected chi connectivity index (χ2v) is 9.39. The Balaban J connectivity index is 0.000000144. The molecule has 196 valence electrons. The molecule has 0 radical (unpaired) electrons. The van der Waals surface area contributed by atoms with Crippen molar-refractivity contribution in [2.75, 3.05) is 24.7 Å². The average Bonchev–Trinajstić information content (AvgIpc) is 3.72. The van der Waals surface area contributed by atoms with Gasteiger partial charge in [0.05, 0.1) is 22.4 Å². The van der Waals surface area contributed by atoms with E-state index < -0.39 is 0 Å². The number of anilines is 2. The van der Waals surface area contributed by atoms with Crippen LogP contribution in [0.15, 0.2) is 79.4 Å². The van der Waals surface area contributed by atoms with Crippen molar-refractivity contribution in [2.45, 2.75) is 6.92 Å². The van der Waals surface area contributed by atoms with Gasteiger partial charge in [-0.3, -0.25) is 4.68 Å². The van der Waals surface area contributed by atoms with Gasteiger partial charge in [-0.2, -0.15) is 5.10 Å². The number of aryl methyl sites for hydroxylation is 3. The number of rotatable bonds is 4. The minimum absolute atomic E-state index is 0.877. The molecule has 2 N–H and O–H groups in total. The molecule has 0 fully saturated rings. The lowest BCUT2D eigenvalue weighted by Gasteiger charge is -1.98. The number of benzene rings is 1. The molecule has 6 heterocycles. The van der Waals surface area contributed by atoms with E-state index in [2.05, 4.69) is 36.3 Å². The van der Waals surface area contributed by atoms with Crippen molar-refractivity contribution in [3.63, 3.8) is 0 Å². The molecule has 0 aliphatic carbocycles. The first-order valence-corrected chi connectivity index (χ1v) is 12.7. The summed E-state index contributed by atoms with van der Waals surface area (Å²) in [5.74, 6) is 0.880. The van der Waals surface area contributed by atoms with E-state index in [1.807, 2.05) is 122 Å². The summed E-state index contributed by atoms with van der Waals surface area (Å²) in [4.78, 5) is 14.0. The Hall–Kier alpha value is -5.12. The Morgan fingerprint density at radius 1 is 0.718 bits per heavy atom. The summed E-state index contributed by atoms with van der Waals surface area (Å²) in [5, 5.41) is 10.6. The van der Waals surface area contributed by atoms with E-state index in [0.717, 1.165) is 62.3 Å². The van der Waals surface area contributed by atoms with Crippen LogP contribution in [0.1, 0.15) is 5.69 Å². The van der Waals surface area contributed by atoms with Crippen molar-refractivity contribution in [1.29, 1.82) is 0 Å². The lowest BCUT2D eigenvalue weighted by molar-refractivity contribution is 0.762. The second kappa shape index (κ2) is 9.64. The van der Waals surface area contributed by atoms with Gasteiger partial charge < -0.3 is 24.0 Å². The van der Waals surface area contributed by atoms with Crippen molar-refractivity contribution in [3.8, 4) is 22.9 Å².